The lowest BCUT2D eigenvalue weighted by Gasteiger charge is -2.24. The molecule has 6 heteroatoms. The summed E-state index contributed by atoms with van der Waals surface area (Å²) in [6, 6.07) is 24.2. The Hall–Kier alpha value is -2.83. The minimum absolute atomic E-state index is 0.100. The smallest absolute Gasteiger partial charge is 0.247 e. The second-order valence-corrected chi connectivity index (χ2v) is 8.48. The molecule has 0 radical (unpaired) electrons. The van der Waals surface area contributed by atoms with Gasteiger partial charge in [0.15, 0.2) is 0 Å². The molecule has 3 rings (SSSR count). The van der Waals surface area contributed by atoms with Crippen molar-refractivity contribution in [2.45, 2.75) is 17.9 Å². The molecule has 5 nitrogen and oxygen atoms in total. The first-order chi connectivity index (χ1) is 14.0. The largest absolute Gasteiger partial charge is 0.497 e. The van der Waals surface area contributed by atoms with E-state index in [1.54, 1.807) is 12.1 Å². The Morgan fingerprint density at radius 3 is 2.00 bits per heavy atom. The summed E-state index contributed by atoms with van der Waals surface area (Å²) < 4.78 is 39.3. The van der Waals surface area contributed by atoms with E-state index >= 15 is 0 Å². The molecule has 0 amide bonds. The number of ether oxygens (including phenoxy) is 2. The van der Waals surface area contributed by atoms with Gasteiger partial charge in [-0.15, -0.1) is 0 Å². The zero-order valence-electron chi connectivity index (χ0n) is 16.6. The van der Waals surface area contributed by atoms with Gasteiger partial charge in [-0.3, -0.25) is 0 Å². The van der Waals surface area contributed by atoms with E-state index in [2.05, 4.69) is 0 Å². The summed E-state index contributed by atoms with van der Waals surface area (Å²) in [6.07, 6.45) is 0.610. The zero-order valence-corrected chi connectivity index (χ0v) is 17.4. The van der Waals surface area contributed by atoms with E-state index in [9.17, 15) is 8.42 Å². The van der Waals surface area contributed by atoms with Gasteiger partial charge in [0.1, 0.15) is 16.4 Å². The number of rotatable bonds is 9. The second-order valence-electron chi connectivity index (χ2n) is 6.58. The highest BCUT2D eigenvalue weighted by atomic mass is 32.2. The number of nitrogens with zero attached hydrogens (tertiary/aromatic N) is 1. The van der Waals surface area contributed by atoms with Gasteiger partial charge >= 0.3 is 0 Å². The average Bonchev–Trinajstić information content (AvgIpc) is 2.77. The molecule has 29 heavy (non-hydrogen) atoms. The minimum atomic E-state index is -3.82. The van der Waals surface area contributed by atoms with Gasteiger partial charge in [0.05, 0.1) is 14.2 Å². The molecule has 0 aliphatic carbocycles. The monoisotopic (exact) mass is 411 g/mol. The van der Waals surface area contributed by atoms with Crippen LogP contribution < -0.4 is 9.47 Å². The standard InChI is InChI=1S/C23H25NO4S/c1-27-21-13-14-22(28-2)23(17-21)29(25,26)24(18-20-11-7-4-8-12-20)16-15-19-9-5-3-6-10-19/h3-14,17H,15-16,18H2,1-2H3. The van der Waals surface area contributed by atoms with Gasteiger partial charge in [0.25, 0.3) is 0 Å². The van der Waals surface area contributed by atoms with Crippen molar-refractivity contribution in [3.05, 3.63) is 90.0 Å². The Bertz CT molecular complexity index is 1020. The molecule has 0 bridgehead atoms. The van der Waals surface area contributed by atoms with E-state index < -0.39 is 10.0 Å². The van der Waals surface area contributed by atoms with Gasteiger partial charge in [-0.2, -0.15) is 4.31 Å². The topological polar surface area (TPSA) is 55.8 Å². The van der Waals surface area contributed by atoms with Crippen molar-refractivity contribution >= 4 is 10.0 Å². The van der Waals surface area contributed by atoms with E-state index in [-0.39, 0.29) is 11.4 Å². The summed E-state index contributed by atoms with van der Waals surface area (Å²) >= 11 is 0. The maximum atomic E-state index is 13.6. The van der Waals surface area contributed by atoms with Crippen LogP contribution >= 0.6 is 0 Å². The number of hydrogen-bond donors (Lipinski definition) is 0. The summed E-state index contributed by atoms with van der Waals surface area (Å²) in [5.74, 6) is 0.760. The molecular weight excluding hydrogens is 386 g/mol. The molecule has 0 aromatic heterocycles. The van der Waals surface area contributed by atoms with Gasteiger partial charge in [0.2, 0.25) is 10.0 Å². The zero-order chi connectivity index (χ0) is 20.7. The fraction of sp³-hybridized carbons (Fsp3) is 0.217. The molecule has 3 aromatic carbocycles. The number of methoxy groups -OCH3 is 2. The molecule has 3 aromatic rings. The highest BCUT2D eigenvalue weighted by molar-refractivity contribution is 7.89. The molecule has 0 saturated carbocycles. The molecule has 0 aliphatic heterocycles. The molecule has 0 heterocycles. The first-order valence-corrected chi connectivity index (χ1v) is 10.8. The van der Waals surface area contributed by atoms with Crippen molar-refractivity contribution in [2.24, 2.45) is 0 Å². The molecule has 0 spiro atoms. The Morgan fingerprint density at radius 2 is 1.41 bits per heavy atom. The van der Waals surface area contributed by atoms with Crippen molar-refractivity contribution in [1.29, 1.82) is 0 Å². The number of sulfonamides is 1. The third-order valence-corrected chi connectivity index (χ3v) is 6.55. The highest BCUT2D eigenvalue weighted by Crippen LogP contribution is 2.31. The van der Waals surface area contributed by atoms with Crippen molar-refractivity contribution < 1.29 is 17.9 Å². The Balaban J connectivity index is 1.97. The predicted molar refractivity (Wildman–Crippen MR) is 114 cm³/mol. The molecule has 0 atom stereocenters. The molecule has 0 N–H and O–H groups in total. The van der Waals surface area contributed by atoms with Crippen LogP contribution in [0.5, 0.6) is 11.5 Å². The fourth-order valence-electron chi connectivity index (χ4n) is 3.09. The molecule has 0 fully saturated rings. The Labute approximate surface area is 172 Å². The van der Waals surface area contributed by atoms with E-state index in [1.165, 1.54) is 24.6 Å². The minimum Gasteiger partial charge on any atom is -0.497 e. The van der Waals surface area contributed by atoms with Crippen LogP contribution in [0.15, 0.2) is 83.8 Å². The third-order valence-electron chi connectivity index (χ3n) is 4.68. The SMILES string of the molecule is COc1ccc(OC)c(S(=O)(=O)N(CCc2ccccc2)Cc2ccccc2)c1. The van der Waals surface area contributed by atoms with Gasteiger partial charge in [-0.25, -0.2) is 8.42 Å². The van der Waals surface area contributed by atoms with Crippen LogP contribution in [0.2, 0.25) is 0 Å². The van der Waals surface area contributed by atoms with Crippen LogP contribution in [-0.4, -0.2) is 33.5 Å². The number of benzene rings is 3. The van der Waals surface area contributed by atoms with E-state index in [4.69, 9.17) is 9.47 Å². The lowest BCUT2D eigenvalue weighted by molar-refractivity contribution is 0.380. The normalized spacial score (nSPS) is 11.4. The Morgan fingerprint density at radius 1 is 0.793 bits per heavy atom. The van der Waals surface area contributed by atoms with Gasteiger partial charge in [-0.1, -0.05) is 60.7 Å². The average molecular weight is 412 g/mol. The first kappa shape index (κ1) is 20.9. The first-order valence-electron chi connectivity index (χ1n) is 9.34. The second kappa shape index (κ2) is 9.58. The van der Waals surface area contributed by atoms with Crippen molar-refractivity contribution in [3.8, 4) is 11.5 Å². The molecule has 0 aliphatic rings. The lowest BCUT2D eigenvalue weighted by Crippen LogP contribution is -2.33. The van der Waals surface area contributed by atoms with Crippen LogP contribution in [0.4, 0.5) is 0 Å². The van der Waals surface area contributed by atoms with Crippen LogP contribution in [0.3, 0.4) is 0 Å². The molecule has 0 unspecified atom stereocenters. The summed E-state index contributed by atoms with van der Waals surface area (Å²) in [7, 11) is -0.843. The highest BCUT2D eigenvalue weighted by Gasteiger charge is 2.28. The van der Waals surface area contributed by atoms with Gasteiger partial charge in [-0.05, 0) is 29.7 Å². The van der Waals surface area contributed by atoms with E-state index in [0.29, 0.717) is 24.5 Å². The summed E-state index contributed by atoms with van der Waals surface area (Å²) in [4.78, 5) is 0.100. The Kier molecular flexibility index (Phi) is 6.90. The maximum Gasteiger partial charge on any atom is 0.247 e. The predicted octanol–water partition coefficient (Wildman–Crippen LogP) is 4.14. The molecule has 0 saturated heterocycles. The fourth-order valence-corrected chi connectivity index (χ4v) is 4.69. The lowest BCUT2D eigenvalue weighted by atomic mass is 10.1. The van der Waals surface area contributed by atoms with E-state index in [0.717, 1.165) is 11.1 Å². The maximum absolute atomic E-state index is 13.6. The third kappa shape index (κ3) is 5.16. The van der Waals surface area contributed by atoms with Crippen LogP contribution in [0, 0.1) is 0 Å². The van der Waals surface area contributed by atoms with E-state index in [1.807, 2.05) is 60.7 Å². The van der Waals surface area contributed by atoms with Crippen LogP contribution in [0.1, 0.15) is 11.1 Å². The summed E-state index contributed by atoms with van der Waals surface area (Å²) in [6.45, 7) is 0.623. The molecular formula is C23H25NO4S. The van der Waals surface area contributed by atoms with Gasteiger partial charge in [0, 0.05) is 19.2 Å². The van der Waals surface area contributed by atoms with Gasteiger partial charge < -0.3 is 9.47 Å². The quantitative estimate of drug-likeness (QED) is 0.531. The molecule has 152 valence electrons. The summed E-state index contributed by atoms with van der Waals surface area (Å²) in [5.41, 5.74) is 2.00. The summed E-state index contributed by atoms with van der Waals surface area (Å²) in [5, 5.41) is 0. The van der Waals surface area contributed by atoms with Crippen molar-refractivity contribution in [1.82, 2.24) is 4.31 Å². The van der Waals surface area contributed by atoms with Crippen molar-refractivity contribution in [2.75, 3.05) is 20.8 Å². The number of hydrogen-bond acceptors (Lipinski definition) is 4. The van der Waals surface area contributed by atoms with Crippen LogP contribution in [-0.2, 0) is 23.0 Å². The van der Waals surface area contributed by atoms with Crippen LogP contribution in [0.25, 0.3) is 0 Å². The van der Waals surface area contributed by atoms with Crippen molar-refractivity contribution in [3.63, 3.8) is 0 Å².